The summed E-state index contributed by atoms with van der Waals surface area (Å²) in [5, 5.41) is 21.0. The molecule has 1 aromatic rings. The molecule has 29 heavy (non-hydrogen) atoms. The van der Waals surface area contributed by atoms with Gasteiger partial charge in [0.15, 0.2) is 6.61 Å². The molecule has 13 heteroatoms. The second-order valence-corrected chi connectivity index (χ2v) is 8.16. The van der Waals surface area contributed by atoms with E-state index >= 15 is 0 Å². The monoisotopic (exact) mass is 601 g/mol. The van der Waals surface area contributed by atoms with E-state index in [9.17, 15) is 24.3 Å². The van der Waals surface area contributed by atoms with Crippen molar-refractivity contribution >= 4 is 77.2 Å². The molecule has 0 aliphatic rings. The maximum absolute atomic E-state index is 12.9. The van der Waals surface area contributed by atoms with Crippen molar-refractivity contribution in [3.63, 3.8) is 0 Å². The van der Waals surface area contributed by atoms with Gasteiger partial charge in [-0.05, 0) is 47.8 Å². The van der Waals surface area contributed by atoms with E-state index in [1.165, 1.54) is 7.05 Å². The normalized spacial score (nSPS) is 11.6. The fourth-order valence-corrected chi connectivity index (χ4v) is 5.08. The molecule has 0 aliphatic carbocycles. The Labute approximate surface area is 191 Å². The third-order valence-corrected chi connectivity index (χ3v) is 5.87. The van der Waals surface area contributed by atoms with Gasteiger partial charge in [-0.3, -0.25) is 19.2 Å². The number of primary amides is 1. The van der Waals surface area contributed by atoms with Gasteiger partial charge >= 0.3 is 5.97 Å². The van der Waals surface area contributed by atoms with Gasteiger partial charge in [0.2, 0.25) is 0 Å². The highest BCUT2D eigenvalue weighted by Crippen LogP contribution is 2.42. The van der Waals surface area contributed by atoms with Crippen molar-refractivity contribution in [1.29, 1.82) is 0 Å². The minimum absolute atomic E-state index is 0.0126. The molecule has 0 spiro atoms. The van der Waals surface area contributed by atoms with E-state index in [1.54, 1.807) is 0 Å². The molecule has 1 aromatic carbocycles. The molecule has 1 rings (SSSR count). The van der Waals surface area contributed by atoms with Crippen molar-refractivity contribution in [2.75, 3.05) is 32.1 Å². The van der Waals surface area contributed by atoms with Gasteiger partial charge in [-0.15, -0.1) is 0 Å². The van der Waals surface area contributed by atoms with Crippen LogP contribution in [0.5, 0.6) is 0 Å². The first kappa shape index (κ1) is 25.5. The number of hydrogen-bond donors (Lipinski definition) is 4. The second kappa shape index (κ2) is 11.0. The molecular formula is C16H18Br3N3O7. The minimum atomic E-state index is -1.17. The Morgan fingerprint density at radius 1 is 1.14 bits per heavy atom. The van der Waals surface area contributed by atoms with E-state index < -0.39 is 43.0 Å². The van der Waals surface area contributed by atoms with Crippen molar-refractivity contribution in [1.82, 2.24) is 4.90 Å². The lowest BCUT2D eigenvalue weighted by Gasteiger charge is -2.23. The standard InChI is InChI=1S/C16H18Br3N3O7/c1-6(24)29-5-8(26)21-14-12(18)9(15(20)27)11(17)10(13(14)19)16(28)22(2)3-7(25)4-23/h7,23,25H,3-5H2,1-2H3,(H2,20,27)(H,21,26). The number of carbonyl (C=O) groups is 4. The van der Waals surface area contributed by atoms with Crippen molar-refractivity contribution in [3.8, 4) is 0 Å². The highest BCUT2D eigenvalue weighted by Gasteiger charge is 2.29. The zero-order valence-electron chi connectivity index (χ0n) is 15.3. The molecule has 0 radical (unpaired) electrons. The lowest BCUT2D eigenvalue weighted by Crippen LogP contribution is -2.36. The van der Waals surface area contributed by atoms with Gasteiger partial charge in [-0.2, -0.15) is 0 Å². The molecule has 0 saturated heterocycles. The Hall–Kier alpha value is -1.54. The fraction of sp³-hybridized carbons (Fsp3) is 0.375. The number of hydrogen-bond acceptors (Lipinski definition) is 7. The van der Waals surface area contributed by atoms with Crippen LogP contribution in [-0.4, -0.2) is 71.7 Å². The molecule has 5 N–H and O–H groups in total. The summed E-state index contributed by atoms with van der Waals surface area (Å²) < 4.78 is 4.87. The fourth-order valence-electron chi connectivity index (χ4n) is 2.17. The molecule has 1 unspecified atom stereocenters. The van der Waals surface area contributed by atoms with Crippen LogP contribution in [0.15, 0.2) is 13.4 Å². The van der Waals surface area contributed by atoms with Crippen molar-refractivity contribution in [2.45, 2.75) is 13.0 Å². The number of anilines is 1. The summed E-state index contributed by atoms with van der Waals surface area (Å²) in [5.74, 6) is -2.91. The Kier molecular flexibility index (Phi) is 9.68. The number of likely N-dealkylation sites (N-methyl/N-ethyl adjacent to an activating group) is 1. The zero-order chi connectivity index (χ0) is 22.5. The van der Waals surface area contributed by atoms with Crippen molar-refractivity contribution < 1.29 is 34.1 Å². The molecule has 1 atom stereocenters. The quantitative estimate of drug-likeness (QED) is 0.323. The van der Waals surface area contributed by atoms with Crippen LogP contribution in [0.25, 0.3) is 0 Å². The Morgan fingerprint density at radius 2 is 1.69 bits per heavy atom. The topological polar surface area (TPSA) is 159 Å². The molecule has 0 saturated carbocycles. The summed E-state index contributed by atoms with van der Waals surface area (Å²) in [4.78, 5) is 48.9. The van der Waals surface area contributed by atoms with Gasteiger partial charge in [0, 0.05) is 25.0 Å². The van der Waals surface area contributed by atoms with Crippen molar-refractivity contribution in [3.05, 3.63) is 24.5 Å². The third-order valence-electron chi connectivity index (χ3n) is 3.49. The molecule has 0 fully saturated rings. The van der Waals surface area contributed by atoms with Gasteiger partial charge in [0.25, 0.3) is 17.7 Å². The second-order valence-electron chi connectivity index (χ2n) is 5.78. The summed E-state index contributed by atoms with van der Waals surface area (Å²) >= 11 is 9.60. The molecule has 3 amide bonds. The molecule has 0 aliphatic heterocycles. The van der Waals surface area contributed by atoms with Gasteiger partial charge in [-0.1, -0.05) is 0 Å². The smallest absolute Gasteiger partial charge is 0.303 e. The number of aliphatic hydroxyl groups excluding tert-OH is 2. The zero-order valence-corrected chi connectivity index (χ0v) is 20.1. The number of esters is 1. The number of halogens is 3. The number of ether oxygens (including phenoxy) is 1. The van der Waals surface area contributed by atoms with Gasteiger partial charge in [0.05, 0.1) is 38.5 Å². The van der Waals surface area contributed by atoms with Crippen LogP contribution in [0.3, 0.4) is 0 Å². The third kappa shape index (κ3) is 6.47. The highest BCUT2D eigenvalue weighted by atomic mass is 79.9. The average Bonchev–Trinajstić information content (AvgIpc) is 2.62. The minimum Gasteiger partial charge on any atom is -0.456 e. The predicted octanol–water partition coefficient (Wildman–Crippen LogP) is 1.000. The summed E-state index contributed by atoms with van der Waals surface area (Å²) in [6, 6.07) is 0. The first-order valence-corrected chi connectivity index (χ1v) is 10.3. The molecule has 0 bridgehead atoms. The molecule has 0 heterocycles. The van der Waals surface area contributed by atoms with Crippen LogP contribution >= 0.6 is 47.8 Å². The number of rotatable bonds is 8. The highest BCUT2D eigenvalue weighted by molar-refractivity contribution is 9.11. The van der Waals surface area contributed by atoms with Crippen LogP contribution in [0.4, 0.5) is 5.69 Å². The summed E-state index contributed by atoms with van der Waals surface area (Å²) in [7, 11) is 1.38. The summed E-state index contributed by atoms with van der Waals surface area (Å²) in [5.41, 5.74) is 5.26. The van der Waals surface area contributed by atoms with Crippen LogP contribution in [-0.2, 0) is 14.3 Å². The van der Waals surface area contributed by atoms with Crippen LogP contribution in [0, 0.1) is 0 Å². The molecule has 10 nitrogen and oxygen atoms in total. The van der Waals surface area contributed by atoms with Crippen LogP contribution in [0.1, 0.15) is 27.6 Å². The van der Waals surface area contributed by atoms with Gasteiger partial charge in [0.1, 0.15) is 0 Å². The number of nitrogens with one attached hydrogen (secondary N) is 1. The lowest BCUT2D eigenvalue weighted by molar-refractivity contribution is -0.144. The summed E-state index contributed by atoms with van der Waals surface area (Å²) in [6.07, 6.45) is -1.17. The van der Waals surface area contributed by atoms with Crippen LogP contribution < -0.4 is 11.1 Å². The predicted molar refractivity (Wildman–Crippen MR) is 113 cm³/mol. The number of amides is 3. The largest absolute Gasteiger partial charge is 0.456 e. The number of nitrogens with two attached hydrogens (primary N) is 1. The molecule has 0 aromatic heterocycles. The molecule has 160 valence electrons. The van der Waals surface area contributed by atoms with E-state index in [2.05, 4.69) is 57.8 Å². The van der Waals surface area contributed by atoms with E-state index in [4.69, 9.17) is 10.8 Å². The van der Waals surface area contributed by atoms with E-state index in [0.29, 0.717) is 0 Å². The Balaban J connectivity index is 3.48. The maximum atomic E-state index is 12.9. The first-order valence-electron chi connectivity index (χ1n) is 7.90. The van der Waals surface area contributed by atoms with E-state index in [1.807, 2.05) is 0 Å². The first-order chi connectivity index (χ1) is 13.4. The number of benzene rings is 1. The average molecular weight is 604 g/mol. The van der Waals surface area contributed by atoms with Crippen molar-refractivity contribution in [2.24, 2.45) is 5.73 Å². The SMILES string of the molecule is CC(=O)OCC(=O)Nc1c(Br)c(C(N)=O)c(Br)c(C(=O)N(C)CC(O)CO)c1Br. The lowest BCUT2D eigenvalue weighted by atomic mass is 10.1. The Bertz CT molecular complexity index is 848. The Morgan fingerprint density at radius 3 is 2.17 bits per heavy atom. The van der Waals surface area contributed by atoms with Gasteiger partial charge in [-0.25, -0.2) is 0 Å². The van der Waals surface area contributed by atoms with Gasteiger partial charge < -0.3 is 30.9 Å². The van der Waals surface area contributed by atoms with Crippen LogP contribution in [0.2, 0.25) is 0 Å². The number of nitrogens with zero attached hydrogens (tertiary/aromatic N) is 1. The number of carbonyl (C=O) groups excluding carboxylic acids is 4. The maximum Gasteiger partial charge on any atom is 0.303 e. The van der Waals surface area contributed by atoms with E-state index in [-0.39, 0.29) is 36.8 Å². The molecular weight excluding hydrogens is 586 g/mol. The summed E-state index contributed by atoms with van der Waals surface area (Å²) in [6.45, 7) is -0.186. The number of aliphatic hydroxyl groups is 2. The van der Waals surface area contributed by atoms with E-state index in [0.717, 1.165) is 11.8 Å².